The molecule has 0 aliphatic carbocycles. The molecule has 3 rings (SSSR count). The number of rotatable bonds is 4. The van der Waals surface area contributed by atoms with Crippen molar-refractivity contribution in [2.24, 2.45) is 7.05 Å². The molecule has 124 valence electrons. The van der Waals surface area contributed by atoms with E-state index in [-0.39, 0.29) is 12.2 Å². The summed E-state index contributed by atoms with van der Waals surface area (Å²) in [5.74, 6) is -0.511. The number of fused-ring (bicyclic) bond motifs is 1. The fraction of sp³-hybridized carbons (Fsp3) is 0.167. The first-order valence-corrected chi connectivity index (χ1v) is 7.57. The van der Waals surface area contributed by atoms with Gasteiger partial charge in [0.2, 0.25) is 0 Å². The Balaban J connectivity index is 1.60. The normalized spacial score (nSPS) is 12.1. The lowest BCUT2D eigenvalue weighted by atomic mass is 10.1. The predicted octanol–water partition coefficient (Wildman–Crippen LogP) is 3.17. The van der Waals surface area contributed by atoms with Gasteiger partial charge in [-0.1, -0.05) is 18.2 Å². The van der Waals surface area contributed by atoms with Crippen LogP contribution in [-0.2, 0) is 7.05 Å². The second-order valence-electron chi connectivity index (χ2n) is 5.58. The van der Waals surface area contributed by atoms with E-state index < -0.39 is 18.0 Å². The number of aliphatic hydroxyl groups excluding tert-OH is 1. The van der Waals surface area contributed by atoms with Gasteiger partial charge in [-0.05, 0) is 41.3 Å². The summed E-state index contributed by atoms with van der Waals surface area (Å²) in [5, 5.41) is 16.2. The van der Waals surface area contributed by atoms with E-state index in [1.807, 2.05) is 42.1 Å². The molecular weight excluding hydrogens is 309 g/mol. The zero-order chi connectivity index (χ0) is 17.1. The quantitative estimate of drug-likeness (QED) is 0.689. The number of amides is 2. The van der Waals surface area contributed by atoms with E-state index >= 15 is 0 Å². The van der Waals surface area contributed by atoms with Gasteiger partial charge in [0.1, 0.15) is 5.82 Å². The summed E-state index contributed by atoms with van der Waals surface area (Å²) in [6.07, 6.45) is 1.10. The number of para-hydroxylation sites is 1. The van der Waals surface area contributed by atoms with Gasteiger partial charge in [0, 0.05) is 25.3 Å². The molecule has 2 aromatic carbocycles. The topological polar surface area (TPSA) is 66.3 Å². The lowest BCUT2D eigenvalue weighted by molar-refractivity contribution is 0.175. The first-order chi connectivity index (χ1) is 11.5. The van der Waals surface area contributed by atoms with Crippen LogP contribution in [0.15, 0.2) is 54.7 Å². The maximum Gasteiger partial charge on any atom is 0.319 e. The van der Waals surface area contributed by atoms with Gasteiger partial charge in [0.05, 0.1) is 11.8 Å². The number of carbonyl (C=O) groups is 1. The van der Waals surface area contributed by atoms with Crippen LogP contribution in [0.25, 0.3) is 10.9 Å². The highest BCUT2D eigenvalue weighted by Crippen LogP contribution is 2.21. The number of carbonyl (C=O) groups excluding carboxylic acids is 1. The highest BCUT2D eigenvalue weighted by molar-refractivity contribution is 5.89. The van der Waals surface area contributed by atoms with Gasteiger partial charge >= 0.3 is 6.03 Å². The number of hydrogen-bond acceptors (Lipinski definition) is 2. The summed E-state index contributed by atoms with van der Waals surface area (Å²) >= 11 is 0. The molecule has 1 atom stereocenters. The molecule has 0 aliphatic heterocycles. The van der Waals surface area contributed by atoms with E-state index in [1.165, 1.54) is 12.1 Å². The number of nitrogens with one attached hydrogen (secondary N) is 2. The monoisotopic (exact) mass is 327 g/mol. The molecule has 0 saturated carbocycles. The van der Waals surface area contributed by atoms with Crippen LogP contribution >= 0.6 is 0 Å². The molecule has 2 amide bonds. The van der Waals surface area contributed by atoms with Crippen molar-refractivity contribution in [2.45, 2.75) is 6.10 Å². The van der Waals surface area contributed by atoms with Gasteiger partial charge in [0.25, 0.3) is 0 Å². The minimum absolute atomic E-state index is 0.0264. The third kappa shape index (κ3) is 3.38. The van der Waals surface area contributed by atoms with E-state index in [9.17, 15) is 14.3 Å². The van der Waals surface area contributed by atoms with Crippen LogP contribution in [0.2, 0.25) is 0 Å². The molecule has 0 spiro atoms. The number of benzene rings is 2. The molecule has 24 heavy (non-hydrogen) atoms. The zero-order valence-electron chi connectivity index (χ0n) is 13.2. The highest BCUT2D eigenvalue weighted by Gasteiger charge is 2.12. The fourth-order valence-corrected chi connectivity index (χ4v) is 2.54. The average Bonchev–Trinajstić information content (AvgIpc) is 2.95. The van der Waals surface area contributed by atoms with Gasteiger partial charge < -0.3 is 20.3 Å². The fourth-order valence-electron chi connectivity index (χ4n) is 2.54. The number of nitrogens with zero attached hydrogens (tertiary/aromatic N) is 1. The van der Waals surface area contributed by atoms with Crippen LogP contribution in [0.4, 0.5) is 14.9 Å². The van der Waals surface area contributed by atoms with Crippen molar-refractivity contribution in [3.63, 3.8) is 0 Å². The summed E-state index contributed by atoms with van der Waals surface area (Å²) in [5.41, 5.74) is 1.87. The van der Waals surface area contributed by atoms with Gasteiger partial charge in [-0.25, -0.2) is 9.18 Å². The first kappa shape index (κ1) is 16.0. The molecule has 0 fully saturated rings. The van der Waals surface area contributed by atoms with Gasteiger partial charge in [0.15, 0.2) is 0 Å². The van der Waals surface area contributed by atoms with Crippen LogP contribution in [-0.4, -0.2) is 22.2 Å². The Bertz CT molecular complexity index is 876. The van der Waals surface area contributed by atoms with Crippen molar-refractivity contribution in [2.75, 3.05) is 11.9 Å². The maximum atomic E-state index is 13.5. The van der Waals surface area contributed by atoms with Crippen LogP contribution in [0.1, 0.15) is 11.7 Å². The molecule has 1 heterocycles. The molecular formula is C18H18FN3O2. The molecule has 5 nitrogen and oxygen atoms in total. The maximum absolute atomic E-state index is 13.5. The van der Waals surface area contributed by atoms with Crippen LogP contribution in [0, 0.1) is 5.82 Å². The molecule has 6 heteroatoms. The largest absolute Gasteiger partial charge is 0.387 e. The molecule has 0 aliphatic rings. The summed E-state index contributed by atoms with van der Waals surface area (Å²) in [4.78, 5) is 11.8. The molecule has 0 radical (unpaired) electrons. The van der Waals surface area contributed by atoms with Crippen molar-refractivity contribution < 1.29 is 14.3 Å². The Morgan fingerprint density at radius 2 is 2.04 bits per heavy atom. The molecule has 1 unspecified atom stereocenters. The average molecular weight is 327 g/mol. The predicted molar refractivity (Wildman–Crippen MR) is 91.3 cm³/mol. The third-order valence-electron chi connectivity index (χ3n) is 3.87. The van der Waals surface area contributed by atoms with Crippen molar-refractivity contribution in [1.29, 1.82) is 0 Å². The number of urea groups is 1. The number of aliphatic hydroxyl groups is 1. The SMILES string of the molecule is Cn1ccc2cc(C(O)CNC(=O)Nc3ccccc3F)ccc21. The van der Waals surface area contributed by atoms with Gasteiger partial charge in [-0.3, -0.25) is 0 Å². The van der Waals surface area contributed by atoms with Crippen molar-refractivity contribution in [1.82, 2.24) is 9.88 Å². The van der Waals surface area contributed by atoms with Crippen molar-refractivity contribution in [3.05, 3.63) is 66.1 Å². The lowest BCUT2D eigenvalue weighted by Gasteiger charge is -2.13. The van der Waals surface area contributed by atoms with E-state index in [1.54, 1.807) is 12.1 Å². The molecule has 0 saturated heterocycles. The van der Waals surface area contributed by atoms with E-state index in [0.717, 1.165) is 10.9 Å². The highest BCUT2D eigenvalue weighted by atomic mass is 19.1. The Labute approximate surface area is 138 Å². The second kappa shape index (κ2) is 6.72. The number of aromatic nitrogens is 1. The standard InChI is InChI=1S/C18H18FN3O2/c1-22-9-8-12-10-13(6-7-16(12)22)17(23)11-20-18(24)21-15-5-3-2-4-14(15)19/h2-10,17,23H,11H2,1H3,(H2,20,21,24). The van der Waals surface area contributed by atoms with Gasteiger partial charge in [-0.15, -0.1) is 0 Å². The lowest BCUT2D eigenvalue weighted by Crippen LogP contribution is -2.32. The smallest absolute Gasteiger partial charge is 0.319 e. The number of hydrogen-bond donors (Lipinski definition) is 3. The number of halogens is 1. The van der Waals surface area contributed by atoms with Crippen LogP contribution < -0.4 is 10.6 Å². The van der Waals surface area contributed by atoms with Crippen molar-refractivity contribution >= 4 is 22.6 Å². The Morgan fingerprint density at radius 3 is 2.83 bits per heavy atom. The molecule has 0 bridgehead atoms. The summed E-state index contributed by atoms with van der Waals surface area (Å²) in [6, 6.07) is 12.9. The summed E-state index contributed by atoms with van der Waals surface area (Å²) in [6.45, 7) is 0.0264. The van der Waals surface area contributed by atoms with E-state index in [4.69, 9.17) is 0 Å². The summed E-state index contributed by atoms with van der Waals surface area (Å²) in [7, 11) is 1.95. The minimum Gasteiger partial charge on any atom is -0.387 e. The Kier molecular flexibility index (Phi) is 4.48. The second-order valence-corrected chi connectivity index (χ2v) is 5.58. The Morgan fingerprint density at radius 1 is 1.25 bits per heavy atom. The van der Waals surface area contributed by atoms with E-state index in [2.05, 4.69) is 10.6 Å². The van der Waals surface area contributed by atoms with E-state index in [0.29, 0.717) is 5.56 Å². The number of aryl methyl sites for hydroxylation is 1. The van der Waals surface area contributed by atoms with Crippen molar-refractivity contribution in [3.8, 4) is 0 Å². The van der Waals surface area contributed by atoms with Gasteiger partial charge in [-0.2, -0.15) is 0 Å². The first-order valence-electron chi connectivity index (χ1n) is 7.57. The summed E-state index contributed by atoms with van der Waals surface area (Å²) < 4.78 is 15.5. The van der Waals surface area contributed by atoms with Crippen LogP contribution in [0.3, 0.4) is 0 Å². The molecule has 1 aromatic heterocycles. The third-order valence-corrected chi connectivity index (χ3v) is 3.87. The number of anilines is 1. The molecule has 3 aromatic rings. The molecule has 3 N–H and O–H groups in total. The minimum atomic E-state index is -0.846. The Hall–Kier alpha value is -2.86. The zero-order valence-corrected chi connectivity index (χ0v) is 13.2. The van der Waals surface area contributed by atoms with Crippen LogP contribution in [0.5, 0.6) is 0 Å².